The minimum Gasteiger partial charge on any atom is -0.382 e. The fourth-order valence-corrected chi connectivity index (χ4v) is 0.800. The van der Waals surface area contributed by atoms with E-state index in [9.17, 15) is 4.79 Å². The molecule has 0 aliphatic carbocycles. The summed E-state index contributed by atoms with van der Waals surface area (Å²) in [5, 5.41) is 10.1. The molecule has 0 spiro atoms. The van der Waals surface area contributed by atoms with Gasteiger partial charge in [0.1, 0.15) is 5.82 Å². The second-order valence-electron chi connectivity index (χ2n) is 2.97. The first-order valence-corrected chi connectivity index (χ1v) is 4.85. The van der Waals surface area contributed by atoms with E-state index in [1.807, 2.05) is 0 Å². The van der Waals surface area contributed by atoms with Gasteiger partial charge in [-0.1, -0.05) is 19.8 Å². The Morgan fingerprint density at radius 3 is 2.53 bits per heavy atom. The number of nitrogens with zero attached hydrogens (tertiary/aromatic N) is 3. The molecule has 1 aromatic rings. The third kappa shape index (κ3) is 10.2. The largest absolute Gasteiger partial charge is 0.382 e. The second kappa shape index (κ2) is 8.86. The molecular formula is C9H17N5O. The van der Waals surface area contributed by atoms with Gasteiger partial charge in [0, 0.05) is 12.5 Å². The van der Waals surface area contributed by atoms with Crippen LogP contribution in [-0.4, -0.2) is 21.3 Å². The molecule has 0 saturated carbocycles. The molecule has 1 rings (SSSR count). The van der Waals surface area contributed by atoms with Gasteiger partial charge in [0.15, 0.2) is 0 Å². The Labute approximate surface area is 89.1 Å². The number of amides is 1. The van der Waals surface area contributed by atoms with Gasteiger partial charge in [-0.25, -0.2) is 0 Å². The molecule has 0 aliphatic heterocycles. The third-order valence-electron chi connectivity index (χ3n) is 1.55. The van der Waals surface area contributed by atoms with Gasteiger partial charge in [0.25, 0.3) is 0 Å². The van der Waals surface area contributed by atoms with Gasteiger partial charge in [0.2, 0.25) is 5.91 Å². The Morgan fingerprint density at radius 2 is 2.20 bits per heavy atom. The van der Waals surface area contributed by atoms with Crippen molar-refractivity contribution in [2.24, 2.45) is 5.73 Å². The highest BCUT2D eigenvalue weighted by atomic mass is 16.1. The summed E-state index contributed by atoms with van der Waals surface area (Å²) in [6.07, 6.45) is 5.25. The van der Waals surface area contributed by atoms with Gasteiger partial charge in [-0.05, 0) is 11.6 Å². The molecule has 6 heteroatoms. The van der Waals surface area contributed by atoms with Crippen LogP contribution >= 0.6 is 0 Å². The maximum Gasteiger partial charge on any atom is 0.217 e. The number of hydrogen-bond acceptors (Lipinski definition) is 5. The molecular weight excluding hydrogens is 194 g/mol. The zero-order valence-corrected chi connectivity index (χ0v) is 8.89. The molecule has 0 atom stereocenters. The van der Waals surface area contributed by atoms with Crippen molar-refractivity contribution in [3.05, 3.63) is 12.3 Å². The molecule has 0 saturated heterocycles. The number of primary amides is 1. The minimum absolute atomic E-state index is 0.182. The lowest BCUT2D eigenvalue weighted by Gasteiger charge is -1.90. The van der Waals surface area contributed by atoms with Gasteiger partial charge in [-0.15, -0.1) is 10.2 Å². The van der Waals surface area contributed by atoms with E-state index in [4.69, 9.17) is 11.5 Å². The van der Waals surface area contributed by atoms with Crippen LogP contribution in [0.2, 0.25) is 0 Å². The van der Waals surface area contributed by atoms with E-state index in [0.717, 1.165) is 19.3 Å². The number of anilines is 1. The van der Waals surface area contributed by atoms with E-state index >= 15 is 0 Å². The van der Waals surface area contributed by atoms with Crippen molar-refractivity contribution in [3.8, 4) is 0 Å². The first-order valence-electron chi connectivity index (χ1n) is 4.85. The van der Waals surface area contributed by atoms with Crippen molar-refractivity contribution in [3.63, 3.8) is 0 Å². The Hall–Kier alpha value is -1.72. The highest BCUT2D eigenvalue weighted by Gasteiger charge is 1.90. The van der Waals surface area contributed by atoms with Crippen molar-refractivity contribution in [2.75, 3.05) is 5.73 Å². The summed E-state index contributed by atoms with van der Waals surface area (Å²) in [5.41, 5.74) is 10.0. The van der Waals surface area contributed by atoms with E-state index in [-0.39, 0.29) is 5.91 Å². The van der Waals surface area contributed by atoms with Crippen LogP contribution in [0, 0.1) is 0 Å². The Kier molecular flexibility index (Phi) is 7.84. The molecule has 84 valence electrons. The molecule has 1 aromatic heterocycles. The van der Waals surface area contributed by atoms with E-state index in [2.05, 4.69) is 22.3 Å². The van der Waals surface area contributed by atoms with Crippen LogP contribution in [0.25, 0.3) is 0 Å². The van der Waals surface area contributed by atoms with Crippen molar-refractivity contribution >= 4 is 11.7 Å². The maximum absolute atomic E-state index is 10.1. The lowest BCUT2D eigenvalue weighted by atomic mass is 10.2. The third-order valence-corrected chi connectivity index (χ3v) is 1.55. The van der Waals surface area contributed by atoms with Crippen LogP contribution in [0.5, 0.6) is 0 Å². The van der Waals surface area contributed by atoms with E-state index < -0.39 is 0 Å². The number of carbonyl (C=O) groups is 1. The smallest absolute Gasteiger partial charge is 0.217 e. The lowest BCUT2D eigenvalue weighted by molar-refractivity contribution is -0.118. The predicted octanol–water partition coefficient (Wildman–Crippen LogP) is 0.506. The Balaban J connectivity index is 0.000000262. The first kappa shape index (κ1) is 13.3. The molecule has 0 aliphatic rings. The fourth-order valence-electron chi connectivity index (χ4n) is 0.800. The SMILES string of the molecule is CCCCCC(N)=O.Nc1ccnnn1. The summed E-state index contributed by atoms with van der Waals surface area (Å²) in [6, 6.07) is 1.58. The first-order chi connectivity index (χ1) is 7.16. The summed E-state index contributed by atoms with van der Waals surface area (Å²) < 4.78 is 0. The van der Waals surface area contributed by atoms with E-state index in [0.29, 0.717) is 12.2 Å². The van der Waals surface area contributed by atoms with Crippen LogP contribution in [0.1, 0.15) is 32.6 Å². The molecule has 0 unspecified atom stereocenters. The van der Waals surface area contributed by atoms with Gasteiger partial charge in [0.05, 0.1) is 6.20 Å². The number of unbranched alkanes of at least 4 members (excludes halogenated alkanes) is 2. The molecule has 0 bridgehead atoms. The van der Waals surface area contributed by atoms with Gasteiger partial charge in [-0.2, -0.15) is 0 Å². The number of rotatable bonds is 4. The highest BCUT2D eigenvalue weighted by molar-refractivity contribution is 5.73. The van der Waals surface area contributed by atoms with E-state index in [1.54, 1.807) is 6.07 Å². The Bertz CT molecular complexity index is 264. The monoisotopic (exact) mass is 211 g/mol. The van der Waals surface area contributed by atoms with Crippen molar-refractivity contribution < 1.29 is 4.79 Å². The number of nitrogen functional groups attached to an aromatic ring is 1. The van der Waals surface area contributed by atoms with Crippen LogP contribution in [0.3, 0.4) is 0 Å². The fraction of sp³-hybridized carbons (Fsp3) is 0.556. The van der Waals surface area contributed by atoms with Crippen molar-refractivity contribution in [2.45, 2.75) is 32.6 Å². The molecule has 0 radical (unpaired) electrons. The highest BCUT2D eigenvalue weighted by Crippen LogP contribution is 1.96. The molecule has 4 N–H and O–H groups in total. The second-order valence-corrected chi connectivity index (χ2v) is 2.97. The maximum atomic E-state index is 10.1. The minimum atomic E-state index is -0.182. The average molecular weight is 211 g/mol. The normalized spacial score (nSPS) is 8.87. The molecule has 1 heterocycles. The van der Waals surface area contributed by atoms with Crippen LogP contribution in [-0.2, 0) is 4.79 Å². The van der Waals surface area contributed by atoms with Gasteiger partial charge >= 0.3 is 0 Å². The number of carbonyl (C=O) groups excluding carboxylic acids is 1. The van der Waals surface area contributed by atoms with E-state index in [1.165, 1.54) is 6.20 Å². The molecule has 6 nitrogen and oxygen atoms in total. The average Bonchev–Trinajstić information content (AvgIpc) is 2.20. The zero-order valence-electron chi connectivity index (χ0n) is 8.89. The number of hydrogen-bond donors (Lipinski definition) is 2. The van der Waals surface area contributed by atoms with Crippen LogP contribution in [0.4, 0.5) is 5.82 Å². The molecule has 0 fully saturated rings. The quantitative estimate of drug-likeness (QED) is 0.705. The topological polar surface area (TPSA) is 108 Å². The Morgan fingerprint density at radius 1 is 1.47 bits per heavy atom. The van der Waals surface area contributed by atoms with Crippen molar-refractivity contribution in [1.29, 1.82) is 0 Å². The summed E-state index contributed by atoms with van der Waals surface area (Å²) in [5.74, 6) is 0.216. The number of nitrogens with two attached hydrogens (primary N) is 2. The van der Waals surface area contributed by atoms with Gasteiger partial charge < -0.3 is 11.5 Å². The zero-order chi connectivity index (χ0) is 11.5. The molecule has 15 heavy (non-hydrogen) atoms. The number of aromatic nitrogens is 3. The summed E-state index contributed by atoms with van der Waals surface area (Å²) in [4.78, 5) is 10.1. The van der Waals surface area contributed by atoms with Crippen molar-refractivity contribution in [1.82, 2.24) is 15.4 Å². The summed E-state index contributed by atoms with van der Waals surface area (Å²) in [7, 11) is 0. The molecule has 0 aromatic carbocycles. The van der Waals surface area contributed by atoms with Gasteiger partial charge in [-0.3, -0.25) is 4.79 Å². The summed E-state index contributed by atoms with van der Waals surface area (Å²) in [6.45, 7) is 2.10. The van der Waals surface area contributed by atoms with Crippen LogP contribution < -0.4 is 11.5 Å². The predicted molar refractivity (Wildman–Crippen MR) is 57.6 cm³/mol. The molecule has 1 amide bonds. The summed E-state index contributed by atoms with van der Waals surface area (Å²) >= 11 is 0. The van der Waals surface area contributed by atoms with Crippen LogP contribution in [0.15, 0.2) is 12.3 Å². The standard InChI is InChI=1S/C6H13NO.C3H4N4/c1-2-3-4-5-6(7)8;4-3-1-2-5-7-6-3/h2-5H2,1H3,(H2,7,8);1-2H,(H2,4,5,6). The lowest BCUT2D eigenvalue weighted by Crippen LogP contribution is -2.09.